The molecule has 0 aromatic heterocycles. The van der Waals surface area contributed by atoms with Gasteiger partial charge in [-0.25, -0.2) is 0 Å². The van der Waals surface area contributed by atoms with E-state index in [0.29, 0.717) is 0 Å². The van der Waals surface area contributed by atoms with E-state index in [0.717, 1.165) is 5.45 Å². The molecule has 116 valence electrons. The molecule has 0 aliphatic carbocycles. The van der Waals surface area contributed by atoms with Gasteiger partial charge in [0.05, 0.1) is 19.6 Å². The van der Waals surface area contributed by atoms with E-state index >= 15 is 0 Å². The minimum atomic E-state index is 1.16. The largest absolute Gasteiger partial charge is 0.315 e. The third kappa shape index (κ3) is 9.90. The Hall–Kier alpha value is 0.440. The molecule has 0 unspecified atom stereocenters. The SMILES string of the molecule is CCCCCC[N+](CBr)(CCCC)CCCCCC. The molecule has 0 saturated heterocycles. The fraction of sp³-hybridized carbons (Fsp3) is 1.00. The van der Waals surface area contributed by atoms with E-state index in [2.05, 4.69) is 36.7 Å². The van der Waals surface area contributed by atoms with Crippen molar-refractivity contribution in [3.63, 3.8) is 0 Å². The Balaban J connectivity index is 4.15. The van der Waals surface area contributed by atoms with Crippen LogP contribution in [-0.2, 0) is 0 Å². The van der Waals surface area contributed by atoms with Gasteiger partial charge < -0.3 is 4.48 Å². The van der Waals surface area contributed by atoms with E-state index in [4.69, 9.17) is 0 Å². The van der Waals surface area contributed by atoms with Crippen molar-refractivity contribution in [1.29, 1.82) is 0 Å². The first kappa shape index (κ1) is 19.4. The summed E-state index contributed by atoms with van der Waals surface area (Å²) in [5.74, 6) is 0. The summed E-state index contributed by atoms with van der Waals surface area (Å²) in [7, 11) is 0. The number of unbranched alkanes of at least 4 members (excludes halogenated alkanes) is 7. The highest BCUT2D eigenvalue weighted by molar-refractivity contribution is 9.09. The molecule has 2 heteroatoms. The first-order chi connectivity index (χ1) is 9.24. The molecule has 19 heavy (non-hydrogen) atoms. The lowest BCUT2D eigenvalue weighted by Crippen LogP contribution is -2.49. The number of halogens is 1. The van der Waals surface area contributed by atoms with Crippen LogP contribution >= 0.6 is 15.9 Å². The first-order valence-electron chi connectivity index (χ1n) is 8.65. The number of alkyl halides is 1. The van der Waals surface area contributed by atoms with Crippen LogP contribution in [0.5, 0.6) is 0 Å². The van der Waals surface area contributed by atoms with Crippen LogP contribution in [0.2, 0.25) is 0 Å². The van der Waals surface area contributed by atoms with Crippen LogP contribution in [0.3, 0.4) is 0 Å². The summed E-state index contributed by atoms with van der Waals surface area (Å²) in [6, 6.07) is 0. The maximum atomic E-state index is 3.81. The zero-order valence-electron chi connectivity index (χ0n) is 13.7. The molecule has 0 aromatic rings. The minimum Gasteiger partial charge on any atom is -0.315 e. The van der Waals surface area contributed by atoms with Crippen molar-refractivity contribution >= 4 is 15.9 Å². The Morgan fingerprint density at radius 3 is 1.37 bits per heavy atom. The predicted octanol–water partition coefficient (Wildman–Crippen LogP) is 6.12. The molecule has 0 radical (unpaired) electrons. The summed E-state index contributed by atoms with van der Waals surface area (Å²) in [6.45, 7) is 11.1. The van der Waals surface area contributed by atoms with Crippen LogP contribution in [0.15, 0.2) is 0 Å². The van der Waals surface area contributed by atoms with Crippen molar-refractivity contribution < 1.29 is 4.48 Å². The summed E-state index contributed by atoms with van der Waals surface area (Å²) in [6.07, 6.45) is 13.9. The van der Waals surface area contributed by atoms with Crippen LogP contribution in [0.25, 0.3) is 0 Å². The van der Waals surface area contributed by atoms with Crippen LogP contribution in [0, 0.1) is 0 Å². The van der Waals surface area contributed by atoms with Gasteiger partial charge >= 0.3 is 0 Å². The van der Waals surface area contributed by atoms with Gasteiger partial charge in [0.1, 0.15) is 5.45 Å². The average molecular weight is 335 g/mol. The highest BCUT2D eigenvalue weighted by Gasteiger charge is 2.24. The van der Waals surface area contributed by atoms with E-state index < -0.39 is 0 Å². The van der Waals surface area contributed by atoms with E-state index in [1.807, 2.05) is 0 Å². The summed E-state index contributed by atoms with van der Waals surface area (Å²) >= 11 is 3.81. The summed E-state index contributed by atoms with van der Waals surface area (Å²) < 4.78 is 1.32. The molecule has 0 bridgehead atoms. The van der Waals surface area contributed by atoms with Gasteiger partial charge in [-0.1, -0.05) is 52.9 Å². The predicted molar refractivity (Wildman–Crippen MR) is 91.8 cm³/mol. The molecular formula is C17H37BrN+. The van der Waals surface area contributed by atoms with Crippen molar-refractivity contribution in [3.8, 4) is 0 Å². The maximum Gasteiger partial charge on any atom is 0.134 e. The lowest BCUT2D eigenvalue weighted by molar-refractivity contribution is -0.915. The Morgan fingerprint density at radius 2 is 1.00 bits per heavy atom. The van der Waals surface area contributed by atoms with Gasteiger partial charge in [0.2, 0.25) is 0 Å². The molecular weight excluding hydrogens is 298 g/mol. The molecule has 0 heterocycles. The molecule has 0 saturated carbocycles. The van der Waals surface area contributed by atoms with E-state index in [1.54, 1.807) is 0 Å². The van der Waals surface area contributed by atoms with Crippen LogP contribution < -0.4 is 0 Å². The normalized spacial score (nSPS) is 12.0. The number of nitrogens with zero attached hydrogens (tertiary/aromatic N) is 1. The third-order valence-electron chi connectivity index (χ3n) is 4.21. The Kier molecular flexibility index (Phi) is 13.7. The van der Waals surface area contributed by atoms with Crippen LogP contribution in [-0.4, -0.2) is 29.6 Å². The summed E-state index contributed by atoms with van der Waals surface area (Å²) in [5, 5.41) is 0. The van der Waals surface area contributed by atoms with Crippen molar-refractivity contribution in [2.75, 3.05) is 25.1 Å². The van der Waals surface area contributed by atoms with E-state index in [-0.39, 0.29) is 0 Å². The number of hydrogen-bond acceptors (Lipinski definition) is 0. The number of hydrogen-bond donors (Lipinski definition) is 0. The monoisotopic (exact) mass is 334 g/mol. The van der Waals surface area contributed by atoms with Gasteiger partial charge in [0.15, 0.2) is 0 Å². The molecule has 0 aromatic carbocycles. The van der Waals surface area contributed by atoms with Crippen molar-refractivity contribution in [3.05, 3.63) is 0 Å². The van der Waals surface area contributed by atoms with Gasteiger partial charge in [-0.2, -0.15) is 0 Å². The molecule has 0 rings (SSSR count). The Morgan fingerprint density at radius 1 is 0.579 bits per heavy atom. The summed E-state index contributed by atoms with van der Waals surface area (Å²) in [5.41, 5.74) is 1.16. The highest BCUT2D eigenvalue weighted by atomic mass is 79.9. The quantitative estimate of drug-likeness (QED) is 0.155. The molecule has 0 atom stereocenters. The number of rotatable bonds is 14. The first-order valence-corrected chi connectivity index (χ1v) is 9.77. The zero-order valence-corrected chi connectivity index (χ0v) is 15.3. The zero-order chi connectivity index (χ0) is 14.4. The molecule has 0 N–H and O–H groups in total. The Labute approximate surface area is 130 Å². The standard InChI is InChI=1S/C17H37BrN/c1-4-7-10-12-15-19(17-18,14-9-6-3)16-13-11-8-5-2/h4-17H2,1-3H3/q+1. The van der Waals surface area contributed by atoms with Gasteiger partial charge in [0.25, 0.3) is 0 Å². The second-order valence-corrected chi connectivity index (χ2v) is 6.61. The Bertz CT molecular complexity index is 170. The van der Waals surface area contributed by atoms with E-state index in [1.165, 1.54) is 88.3 Å². The molecule has 0 fully saturated rings. The lowest BCUT2D eigenvalue weighted by Gasteiger charge is -2.37. The van der Waals surface area contributed by atoms with Crippen LogP contribution in [0.4, 0.5) is 0 Å². The van der Waals surface area contributed by atoms with Crippen LogP contribution in [0.1, 0.15) is 85.0 Å². The van der Waals surface area contributed by atoms with Gasteiger partial charge in [0, 0.05) is 0 Å². The van der Waals surface area contributed by atoms with Crippen molar-refractivity contribution in [2.24, 2.45) is 0 Å². The molecule has 0 spiro atoms. The minimum absolute atomic E-state index is 1.16. The second kappa shape index (κ2) is 13.4. The topological polar surface area (TPSA) is 0 Å². The smallest absolute Gasteiger partial charge is 0.134 e. The van der Waals surface area contributed by atoms with Gasteiger partial charge in [-0.3, -0.25) is 0 Å². The maximum absolute atomic E-state index is 3.81. The number of quaternary nitrogens is 1. The summed E-state index contributed by atoms with van der Waals surface area (Å²) in [4.78, 5) is 0. The lowest BCUT2D eigenvalue weighted by atomic mass is 10.1. The molecule has 0 aliphatic rings. The second-order valence-electron chi connectivity index (χ2n) is 6.11. The fourth-order valence-corrected chi connectivity index (χ4v) is 3.51. The van der Waals surface area contributed by atoms with Gasteiger partial charge in [-0.05, 0) is 48.0 Å². The molecule has 0 aliphatic heterocycles. The van der Waals surface area contributed by atoms with Crippen molar-refractivity contribution in [1.82, 2.24) is 0 Å². The highest BCUT2D eigenvalue weighted by Crippen LogP contribution is 2.18. The van der Waals surface area contributed by atoms with E-state index in [9.17, 15) is 0 Å². The average Bonchev–Trinajstić information content (AvgIpc) is 2.45. The third-order valence-corrected chi connectivity index (χ3v) is 5.28. The molecule has 0 amide bonds. The van der Waals surface area contributed by atoms with Gasteiger partial charge in [-0.15, -0.1) is 0 Å². The van der Waals surface area contributed by atoms with Crippen molar-refractivity contribution in [2.45, 2.75) is 85.0 Å². The fourth-order valence-electron chi connectivity index (χ4n) is 2.76. The molecule has 1 nitrogen and oxygen atoms in total.